The molecule has 47 heavy (non-hydrogen) atoms. The predicted molar refractivity (Wildman–Crippen MR) is 178 cm³/mol. The van der Waals surface area contributed by atoms with Crippen molar-refractivity contribution in [3.63, 3.8) is 0 Å². The fraction of sp³-hybridized carbons (Fsp3) is 0.714. The highest BCUT2D eigenvalue weighted by Gasteiger charge is 2.37. The molecule has 0 saturated heterocycles. The zero-order valence-corrected chi connectivity index (χ0v) is 27.9. The maximum absolute atomic E-state index is 11.0. The van der Waals surface area contributed by atoms with Crippen molar-refractivity contribution in [2.45, 2.75) is 152 Å². The second kappa shape index (κ2) is 23.6. The van der Waals surface area contributed by atoms with Crippen molar-refractivity contribution < 1.29 is 60.9 Å². The highest BCUT2D eigenvalue weighted by atomic mass is 16.6. The van der Waals surface area contributed by atoms with Crippen LogP contribution in [-0.2, 0) is 4.74 Å². The summed E-state index contributed by atoms with van der Waals surface area (Å²) >= 11 is 0. The van der Waals surface area contributed by atoms with E-state index in [0.717, 1.165) is 12.8 Å². The van der Waals surface area contributed by atoms with E-state index in [4.69, 9.17) is 4.74 Å². The molecule has 0 aromatic rings. The van der Waals surface area contributed by atoms with Crippen LogP contribution in [0.2, 0.25) is 0 Å². The standard InChI is InChI=1S/C35H60O12/c1-4-5-11-16-29(41)32-30(42)20-26(38)18-24(36)17-25(37)19-27(39)21-31(43)34(45)33(44)22(2)14-12-9-7-6-8-10-13-15-28(40)23(3)47-35(32)46/h6-10,12-15,23-46H,4-5,11,16-21H2,1-3H3. The summed E-state index contributed by atoms with van der Waals surface area (Å²) in [4.78, 5) is 0. The zero-order chi connectivity index (χ0) is 35.5. The molecule has 11 N–H and O–H groups in total. The first-order valence-electron chi connectivity index (χ1n) is 16.7. The molecule has 1 aliphatic heterocycles. The molecule has 0 saturated carbocycles. The van der Waals surface area contributed by atoms with Gasteiger partial charge < -0.3 is 60.9 Å². The van der Waals surface area contributed by atoms with E-state index in [2.05, 4.69) is 0 Å². The molecule has 0 radical (unpaired) electrons. The van der Waals surface area contributed by atoms with E-state index in [-0.39, 0.29) is 38.5 Å². The maximum Gasteiger partial charge on any atom is 0.162 e. The quantitative estimate of drug-likeness (QED) is 0.181. The third-order valence-electron chi connectivity index (χ3n) is 8.33. The van der Waals surface area contributed by atoms with Gasteiger partial charge in [-0.3, -0.25) is 0 Å². The van der Waals surface area contributed by atoms with Gasteiger partial charge in [-0.15, -0.1) is 0 Å². The number of hydrogen-bond donors (Lipinski definition) is 11. The largest absolute Gasteiger partial charge is 0.393 e. The minimum atomic E-state index is -1.69. The normalized spacial score (nSPS) is 37.5. The molecule has 0 fully saturated rings. The lowest BCUT2D eigenvalue weighted by atomic mass is 9.87. The monoisotopic (exact) mass is 672 g/mol. The number of unbranched alkanes of at least 4 members (excludes halogenated alkanes) is 2. The summed E-state index contributed by atoms with van der Waals surface area (Å²) < 4.78 is 5.61. The Labute approximate surface area is 279 Å². The van der Waals surface area contributed by atoms with Crippen molar-refractivity contribution in [2.75, 3.05) is 0 Å². The Bertz CT molecular complexity index is 982. The molecule has 1 aliphatic rings. The summed E-state index contributed by atoms with van der Waals surface area (Å²) in [6, 6.07) is 0. The van der Waals surface area contributed by atoms with Crippen molar-refractivity contribution in [2.24, 2.45) is 5.92 Å². The molecule has 0 spiro atoms. The first kappa shape index (κ1) is 43.2. The minimum Gasteiger partial charge on any atom is -0.393 e. The highest BCUT2D eigenvalue weighted by molar-refractivity contribution is 5.21. The van der Waals surface area contributed by atoms with Crippen LogP contribution in [0, 0.1) is 5.92 Å². The van der Waals surface area contributed by atoms with Gasteiger partial charge in [0.1, 0.15) is 12.2 Å². The van der Waals surface area contributed by atoms with Crippen LogP contribution in [-0.4, -0.2) is 130 Å². The Balaban J connectivity index is 3.18. The van der Waals surface area contributed by atoms with Gasteiger partial charge in [-0.25, -0.2) is 0 Å². The van der Waals surface area contributed by atoms with Crippen molar-refractivity contribution in [3.8, 4) is 0 Å². The molecule has 0 bridgehead atoms. The van der Waals surface area contributed by atoms with Gasteiger partial charge in [-0.05, 0) is 51.5 Å². The van der Waals surface area contributed by atoms with E-state index in [0.29, 0.717) is 12.0 Å². The Hall–Kier alpha value is -1.78. The van der Waals surface area contributed by atoms with Gasteiger partial charge in [-0.2, -0.15) is 0 Å². The lowest BCUT2D eigenvalue weighted by Crippen LogP contribution is -2.46. The second-order valence-electron chi connectivity index (χ2n) is 12.7. The molecule has 0 aromatic heterocycles. The summed E-state index contributed by atoms with van der Waals surface area (Å²) in [5.41, 5.74) is 0.363. The van der Waals surface area contributed by atoms with Gasteiger partial charge in [0, 0.05) is 6.42 Å². The number of hydrogen-bond acceptors (Lipinski definition) is 12. The Morgan fingerprint density at radius 3 is 1.72 bits per heavy atom. The topological polar surface area (TPSA) is 232 Å². The lowest BCUT2D eigenvalue weighted by molar-refractivity contribution is -0.217. The molecule has 12 heteroatoms. The second-order valence-corrected chi connectivity index (χ2v) is 12.7. The van der Waals surface area contributed by atoms with Crippen molar-refractivity contribution >= 4 is 0 Å². The van der Waals surface area contributed by atoms with Gasteiger partial charge in [0.15, 0.2) is 6.29 Å². The zero-order valence-electron chi connectivity index (χ0n) is 27.9. The smallest absolute Gasteiger partial charge is 0.162 e. The molecular formula is C35H60O12. The van der Waals surface area contributed by atoms with Crippen molar-refractivity contribution in [1.82, 2.24) is 0 Å². The third kappa shape index (κ3) is 17.4. The summed E-state index contributed by atoms with van der Waals surface area (Å²) in [5.74, 6) is -1.23. The van der Waals surface area contributed by atoms with Crippen LogP contribution in [0.3, 0.4) is 0 Å². The molecular weight excluding hydrogens is 612 g/mol. The molecule has 13 unspecified atom stereocenters. The van der Waals surface area contributed by atoms with Crippen LogP contribution in [0.4, 0.5) is 0 Å². The molecule has 0 aliphatic carbocycles. The summed E-state index contributed by atoms with van der Waals surface area (Å²) in [5, 5.41) is 116. The molecule has 1 rings (SSSR count). The fourth-order valence-electron chi connectivity index (χ4n) is 5.45. The van der Waals surface area contributed by atoms with E-state index in [1.54, 1.807) is 55.5 Å². The number of rotatable bonds is 5. The number of allylic oxidation sites excluding steroid dienone is 8. The van der Waals surface area contributed by atoms with Gasteiger partial charge in [-0.1, -0.05) is 80.9 Å². The molecule has 13 atom stereocenters. The minimum absolute atomic E-state index is 0.249. The SMILES string of the molecule is CCCCCC(O)C1C(O)CC(O)CC(O)CC(O)CC(O)CC(O)C(O)C(O)C(C)=CC=CC=CC=CC=CC(O)C(C)OC1O. The number of aliphatic hydroxyl groups is 11. The summed E-state index contributed by atoms with van der Waals surface area (Å²) in [6.45, 7) is 5.09. The molecule has 0 aromatic carbocycles. The van der Waals surface area contributed by atoms with E-state index < -0.39 is 79.4 Å². The third-order valence-corrected chi connectivity index (χ3v) is 8.33. The Morgan fingerprint density at radius 2 is 1.17 bits per heavy atom. The van der Waals surface area contributed by atoms with Crippen LogP contribution in [0.5, 0.6) is 0 Å². The first-order chi connectivity index (χ1) is 22.2. The molecule has 12 nitrogen and oxygen atoms in total. The lowest BCUT2D eigenvalue weighted by Gasteiger charge is -2.34. The molecule has 0 amide bonds. The van der Waals surface area contributed by atoms with E-state index in [1.165, 1.54) is 13.0 Å². The van der Waals surface area contributed by atoms with Gasteiger partial charge in [0.05, 0.1) is 60.9 Å². The van der Waals surface area contributed by atoms with E-state index >= 15 is 0 Å². The fourth-order valence-corrected chi connectivity index (χ4v) is 5.45. The Kier molecular flexibility index (Phi) is 21.7. The van der Waals surface area contributed by atoms with Gasteiger partial charge in [0.25, 0.3) is 0 Å². The number of ether oxygens (including phenoxy) is 1. The summed E-state index contributed by atoms with van der Waals surface area (Å²) in [6.07, 6.45) is -0.222. The summed E-state index contributed by atoms with van der Waals surface area (Å²) in [7, 11) is 0. The van der Waals surface area contributed by atoms with Crippen molar-refractivity contribution in [1.29, 1.82) is 0 Å². The molecule has 272 valence electrons. The predicted octanol–water partition coefficient (Wildman–Crippen LogP) is 0.651. The first-order valence-corrected chi connectivity index (χ1v) is 16.7. The van der Waals surface area contributed by atoms with E-state index in [1.807, 2.05) is 6.92 Å². The van der Waals surface area contributed by atoms with Crippen LogP contribution in [0.15, 0.2) is 60.3 Å². The van der Waals surface area contributed by atoms with Gasteiger partial charge in [0.2, 0.25) is 0 Å². The maximum atomic E-state index is 11.0. The van der Waals surface area contributed by atoms with Crippen LogP contribution >= 0.6 is 0 Å². The Morgan fingerprint density at radius 1 is 0.681 bits per heavy atom. The van der Waals surface area contributed by atoms with Crippen LogP contribution in [0.25, 0.3) is 0 Å². The van der Waals surface area contributed by atoms with Gasteiger partial charge >= 0.3 is 0 Å². The molecule has 1 heterocycles. The average Bonchev–Trinajstić information content (AvgIpc) is 2.98. The highest BCUT2D eigenvalue weighted by Crippen LogP contribution is 2.26. The van der Waals surface area contributed by atoms with Crippen LogP contribution < -0.4 is 0 Å². The van der Waals surface area contributed by atoms with Crippen molar-refractivity contribution in [3.05, 3.63) is 60.3 Å². The van der Waals surface area contributed by atoms with E-state index in [9.17, 15) is 56.2 Å². The average molecular weight is 673 g/mol. The number of aliphatic hydroxyl groups excluding tert-OH is 11. The van der Waals surface area contributed by atoms with Crippen LogP contribution in [0.1, 0.15) is 78.6 Å².